The van der Waals surface area contributed by atoms with E-state index in [4.69, 9.17) is 4.74 Å². The summed E-state index contributed by atoms with van der Waals surface area (Å²) in [6, 6.07) is 4.00. The van der Waals surface area contributed by atoms with Crippen LogP contribution >= 0.6 is 11.3 Å². The molecule has 2 aromatic heterocycles. The molecule has 1 aliphatic carbocycles. The number of hydrogen-bond acceptors (Lipinski definition) is 7. The number of anilines is 2. The maximum Gasteiger partial charge on any atom is 0.259 e. The van der Waals surface area contributed by atoms with E-state index in [0.717, 1.165) is 25.3 Å². The summed E-state index contributed by atoms with van der Waals surface area (Å²) in [5.41, 5.74) is 2.16. The molecule has 0 bridgehead atoms. The van der Waals surface area contributed by atoms with E-state index in [0.29, 0.717) is 16.7 Å². The Bertz CT molecular complexity index is 713. The second-order valence-corrected chi connectivity index (χ2v) is 7.54. The van der Waals surface area contributed by atoms with Gasteiger partial charge < -0.3 is 10.1 Å². The Morgan fingerprint density at radius 3 is 2.92 bits per heavy atom. The van der Waals surface area contributed by atoms with Gasteiger partial charge in [0.15, 0.2) is 0 Å². The summed E-state index contributed by atoms with van der Waals surface area (Å²) in [7, 11) is 0. The highest BCUT2D eigenvalue weighted by Crippen LogP contribution is 2.40. The van der Waals surface area contributed by atoms with E-state index < -0.39 is 0 Å². The van der Waals surface area contributed by atoms with E-state index in [1.54, 1.807) is 17.8 Å². The molecular formula is C17H21N5O2S. The molecule has 1 aliphatic heterocycles. The number of carbonyl (C=O) groups excluding carboxylic acids is 1. The van der Waals surface area contributed by atoms with Crippen molar-refractivity contribution in [1.82, 2.24) is 15.2 Å². The van der Waals surface area contributed by atoms with Gasteiger partial charge in [-0.15, -0.1) is 10.2 Å². The van der Waals surface area contributed by atoms with Crippen LogP contribution in [0.3, 0.4) is 0 Å². The number of carbonyl (C=O) groups is 1. The average molecular weight is 359 g/mol. The first-order valence-electron chi connectivity index (χ1n) is 8.67. The van der Waals surface area contributed by atoms with Crippen molar-refractivity contribution >= 4 is 28.2 Å². The SMILES string of the molecule is O=C(Nc1nncs1)c1ccc(NC2CCOC3(CCCC3)C2)nc1. The Kier molecular flexibility index (Phi) is 4.63. The largest absolute Gasteiger partial charge is 0.375 e. The summed E-state index contributed by atoms with van der Waals surface area (Å²) in [5.74, 6) is 0.569. The van der Waals surface area contributed by atoms with Crippen LogP contribution in [0.15, 0.2) is 23.8 Å². The second kappa shape index (κ2) is 7.05. The molecule has 1 saturated carbocycles. The van der Waals surface area contributed by atoms with Crippen molar-refractivity contribution in [3.63, 3.8) is 0 Å². The van der Waals surface area contributed by atoms with Crippen LogP contribution < -0.4 is 10.6 Å². The van der Waals surface area contributed by atoms with Gasteiger partial charge in [0.2, 0.25) is 5.13 Å². The third kappa shape index (κ3) is 3.80. The molecule has 1 spiro atoms. The zero-order chi connectivity index (χ0) is 17.1. The number of nitrogens with one attached hydrogen (secondary N) is 2. The number of amides is 1. The molecule has 1 unspecified atom stereocenters. The maximum absolute atomic E-state index is 12.1. The van der Waals surface area contributed by atoms with E-state index >= 15 is 0 Å². The fourth-order valence-electron chi connectivity index (χ4n) is 3.74. The van der Waals surface area contributed by atoms with Crippen molar-refractivity contribution in [2.45, 2.75) is 50.2 Å². The van der Waals surface area contributed by atoms with Gasteiger partial charge in [-0.1, -0.05) is 24.2 Å². The molecule has 8 heteroatoms. The average Bonchev–Trinajstić information content (AvgIpc) is 3.28. The standard InChI is InChI=1S/C17H21N5O2S/c23-15(21-16-22-19-11-25-16)12-3-4-14(18-10-12)20-13-5-8-24-17(9-13)6-1-2-7-17/h3-4,10-11,13H,1-2,5-9H2,(H,18,20)(H,21,22,23). The predicted molar refractivity (Wildman–Crippen MR) is 95.9 cm³/mol. The van der Waals surface area contributed by atoms with Gasteiger partial charge in [-0.2, -0.15) is 0 Å². The van der Waals surface area contributed by atoms with E-state index in [2.05, 4.69) is 25.8 Å². The summed E-state index contributed by atoms with van der Waals surface area (Å²) in [4.78, 5) is 16.5. The minimum absolute atomic E-state index is 0.0808. The van der Waals surface area contributed by atoms with Gasteiger partial charge >= 0.3 is 0 Å². The Labute approximate surface area is 150 Å². The Hall–Kier alpha value is -2.06. The molecule has 0 radical (unpaired) electrons. The molecular weight excluding hydrogens is 338 g/mol. The highest BCUT2D eigenvalue weighted by molar-refractivity contribution is 7.13. The van der Waals surface area contributed by atoms with E-state index in [-0.39, 0.29) is 11.5 Å². The topological polar surface area (TPSA) is 89.0 Å². The van der Waals surface area contributed by atoms with Gasteiger partial charge in [0.1, 0.15) is 11.3 Å². The zero-order valence-electron chi connectivity index (χ0n) is 13.9. The van der Waals surface area contributed by atoms with Crippen molar-refractivity contribution in [2.75, 3.05) is 17.2 Å². The Morgan fingerprint density at radius 2 is 2.20 bits per heavy atom. The van der Waals surface area contributed by atoms with Crippen LogP contribution in [0.1, 0.15) is 48.9 Å². The van der Waals surface area contributed by atoms with Gasteiger partial charge in [-0.25, -0.2) is 4.98 Å². The zero-order valence-corrected chi connectivity index (χ0v) is 14.7. The maximum atomic E-state index is 12.1. The first kappa shape index (κ1) is 16.4. The van der Waals surface area contributed by atoms with Crippen LogP contribution in [-0.4, -0.2) is 39.3 Å². The third-order valence-corrected chi connectivity index (χ3v) is 5.57. The monoisotopic (exact) mass is 359 g/mol. The first-order valence-corrected chi connectivity index (χ1v) is 9.55. The molecule has 1 saturated heterocycles. The molecule has 2 fully saturated rings. The number of ether oxygens (including phenoxy) is 1. The number of aromatic nitrogens is 3. The van der Waals surface area contributed by atoms with Crippen molar-refractivity contribution in [3.05, 3.63) is 29.4 Å². The molecule has 7 nitrogen and oxygen atoms in total. The van der Waals surface area contributed by atoms with Crippen LogP contribution in [0.4, 0.5) is 10.9 Å². The summed E-state index contributed by atoms with van der Waals surface area (Å²) in [5, 5.41) is 14.2. The summed E-state index contributed by atoms with van der Waals surface area (Å²) in [6.45, 7) is 0.806. The summed E-state index contributed by atoms with van der Waals surface area (Å²) < 4.78 is 6.07. The van der Waals surface area contributed by atoms with Crippen LogP contribution in [0.25, 0.3) is 0 Å². The van der Waals surface area contributed by atoms with Gasteiger partial charge in [-0.3, -0.25) is 10.1 Å². The number of pyridine rings is 1. The fourth-order valence-corrected chi connectivity index (χ4v) is 4.18. The lowest BCUT2D eigenvalue weighted by atomic mass is 9.89. The van der Waals surface area contributed by atoms with Crippen molar-refractivity contribution in [2.24, 2.45) is 0 Å². The van der Waals surface area contributed by atoms with Crippen molar-refractivity contribution in [1.29, 1.82) is 0 Å². The van der Waals surface area contributed by atoms with Crippen LogP contribution in [0.5, 0.6) is 0 Å². The van der Waals surface area contributed by atoms with Gasteiger partial charge in [0.05, 0.1) is 11.2 Å². The van der Waals surface area contributed by atoms with E-state index in [1.807, 2.05) is 6.07 Å². The van der Waals surface area contributed by atoms with Crippen LogP contribution in [0, 0.1) is 0 Å². The molecule has 3 heterocycles. The highest BCUT2D eigenvalue weighted by Gasteiger charge is 2.39. The molecule has 0 aromatic carbocycles. The lowest BCUT2D eigenvalue weighted by molar-refractivity contribution is -0.0767. The summed E-state index contributed by atoms with van der Waals surface area (Å²) in [6.07, 6.45) is 8.49. The minimum atomic E-state index is -0.230. The van der Waals surface area contributed by atoms with Crippen molar-refractivity contribution in [3.8, 4) is 0 Å². The molecule has 2 N–H and O–H groups in total. The molecule has 1 atom stereocenters. The van der Waals surface area contributed by atoms with Gasteiger partial charge in [0, 0.05) is 18.8 Å². The third-order valence-electron chi connectivity index (χ3n) is 4.97. The lowest BCUT2D eigenvalue weighted by Crippen LogP contribution is -2.42. The summed E-state index contributed by atoms with van der Waals surface area (Å²) >= 11 is 1.28. The molecule has 1 amide bonds. The highest BCUT2D eigenvalue weighted by atomic mass is 32.1. The smallest absolute Gasteiger partial charge is 0.259 e. The quantitative estimate of drug-likeness (QED) is 0.872. The van der Waals surface area contributed by atoms with Gasteiger partial charge in [-0.05, 0) is 37.8 Å². The van der Waals surface area contributed by atoms with Crippen molar-refractivity contribution < 1.29 is 9.53 Å². The normalized spacial score (nSPS) is 22.0. The predicted octanol–water partition coefficient (Wildman–Crippen LogP) is 3.09. The van der Waals surface area contributed by atoms with Gasteiger partial charge in [0.25, 0.3) is 5.91 Å². The molecule has 2 aromatic rings. The van der Waals surface area contributed by atoms with Crippen LogP contribution in [-0.2, 0) is 4.74 Å². The molecule has 132 valence electrons. The molecule has 2 aliphatic rings. The lowest BCUT2D eigenvalue weighted by Gasteiger charge is -2.38. The van der Waals surface area contributed by atoms with E-state index in [9.17, 15) is 4.79 Å². The minimum Gasteiger partial charge on any atom is -0.375 e. The van der Waals surface area contributed by atoms with Crippen LogP contribution in [0.2, 0.25) is 0 Å². The van der Waals surface area contributed by atoms with E-state index in [1.165, 1.54) is 37.0 Å². The molecule has 4 rings (SSSR count). The Balaban J connectivity index is 1.36. The number of nitrogens with zero attached hydrogens (tertiary/aromatic N) is 3. The first-order chi connectivity index (χ1) is 12.2. The second-order valence-electron chi connectivity index (χ2n) is 6.70. The molecule has 25 heavy (non-hydrogen) atoms. The fraction of sp³-hybridized carbons (Fsp3) is 0.529. The number of hydrogen-bond donors (Lipinski definition) is 2. The number of rotatable bonds is 4. The Morgan fingerprint density at radius 1 is 1.32 bits per heavy atom.